The molecule has 0 unspecified atom stereocenters. The molecule has 2 saturated heterocycles. The van der Waals surface area contributed by atoms with Crippen LogP contribution in [0.5, 0.6) is 0 Å². The minimum Gasteiger partial charge on any atom is -0.378 e. The van der Waals surface area contributed by atoms with E-state index in [1.807, 2.05) is 36.4 Å². The molecule has 0 atom stereocenters. The molecule has 2 aliphatic rings. The first kappa shape index (κ1) is 20.6. The Hall–Kier alpha value is -2.64. The number of hydrogen-bond acceptors (Lipinski definition) is 6. The first-order valence-corrected chi connectivity index (χ1v) is 10.8. The standard InChI is InChI=1S/C23H31N5O2/c1-18(2)26-9-11-27(12-10-26)21-6-3-19(4-7-21)23(29)25-20-5-8-22(24-17-20)28-13-15-30-16-14-28/h3-8,17-18H,9-16H2,1-2H3,(H,25,29). The van der Waals surface area contributed by atoms with Crippen LogP contribution in [0.4, 0.5) is 17.2 Å². The number of benzene rings is 1. The second kappa shape index (κ2) is 9.45. The van der Waals surface area contributed by atoms with Crippen molar-refractivity contribution in [3.63, 3.8) is 0 Å². The van der Waals surface area contributed by atoms with Crippen LogP contribution in [-0.2, 0) is 4.74 Å². The molecule has 2 aromatic rings. The van der Waals surface area contributed by atoms with Crippen LogP contribution in [0.15, 0.2) is 42.6 Å². The summed E-state index contributed by atoms with van der Waals surface area (Å²) in [6.07, 6.45) is 1.71. The number of aromatic nitrogens is 1. The van der Waals surface area contributed by atoms with E-state index in [4.69, 9.17) is 4.74 Å². The Labute approximate surface area is 178 Å². The van der Waals surface area contributed by atoms with E-state index in [0.717, 1.165) is 58.3 Å². The van der Waals surface area contributed by atoms with Gasteiger partial charge in [-0.15, -0.1) is 0 Å². The van der Waals surface area contributed by atoms with Crippen molar-refractivity contribution >= 4 is 23.1 Å². The van der Waals surface area contributed by atoms with E-state index in [9.17, 15) is 4.79 Å². The maximum absolute atomic E-state index is 12.6. The Morgan fingerprint density at radius 1 is 0.933 bits per heavy atom. The van der Waals surface area contributed by atoms with Crippen molar-refractivity contribution in [1.29, 1.82) is 0 Å². The summed E-state index contributed by atoms with van der Waals surface area (Å²) >= 11 is 0. The number of carbonyl (C=O) groups excluding carboxylic acids is 1. The lowest BCUT2D eigenvalue weighted by atomic mass is 10.1. The van der Waals surface area contributed by atoms with Crippen LogP contribution in [0.3, 0.4) is 0 Å². The number of rotatable bonds is 5. The van der Waals surface area contributed by atoms with E-state index >= 15 is 0 Å². The molecule has 160 valence electrons. The first-order valence-electron chi connectivity index (χ1n) is 10.8. The van der Waals surface area contributed by atoms with Gasteiger partial charge in [0.05, 0.1) is 25.1 Å². The zero-order valence-corrected chi connectivity index (χ0v) is 17.9. The summed E-state index contributed by atoms with van der Waals surface area (Å²) < 4.78 is 5.38. The van der Waals surface area contributed by atoms with Crippen LogP contribution >= 0.6 is 0 Å². The highest BCUT2D eigenvalue weighted by atomic mass is 16.5. The Bertz CT molecular complexity index is 824. The zero-order valence-electron chi connectivity index (χ0n) is 17.9. The molecular formula is C23H31N5O2. The minimum absolute atomic E-state index is 0.118. The smallest absolute Gasteiger partial charge is 0.255 e. The highest BCUT2D eigenvalue weighted by molar-refractivity contribution is 6.04. The van der Waals surface area contributed by atoms with Crippen molar-refractivity contribution in [2.75, 3.05) is 67.6 Å². The molecule has 0 aliphatic carbocycles. The number of piperazine rings is 1. The maximum Gasteiger partial charge on any atom is 0.255 e. The van der Waals surface area contributed by atoms with Crippen molar-refractivity contribution in [1.82, 2.24) is 9.88 Å². The summed E-state index contributed by atoms with van der Waals surface area (Å²) in [6.45, 7) is 11.8. The molecular weight excluding hydrogens is 378 g/mol. The summed E-state index contributed by atoms with van der Waals surface area (Å²) in [5, 5.41) is 2.94. The quantitative estimate of drug-likeness (QED) is 0.819. The van der Waals surface area contributed by atoms with Gasteiger partial charge in [-0.05, 0) is 50.2 Å². The summed E-state index contributed by atoms with van der Waals surface area (Å²) in [7, 11) is 0. The Morgan fingerprint density at radius 3 is 2.23 bits per heavy atom. The lowest BCUT2D eigenvalue weighted by Gasteiger charge is -2.38. The summed E-state index contributed by atoms with van der Waals surface area (Å²) in [5.41, 5.74) is 2.52. The molecule has 1 aromatic carbocycles. The number of carbonyl (C=O) groups is 1. The van der Waals surface area contributed by atoms with E-state index in [0.29, 0.717) is 17.3 Å². The molecule has 1 N–H and O–H groups in total. The van der Waals surface area contributed by atoms with Crippen molar-refractivity contribution < 1.29 is 9.53 Å². The van der Waals surface area contributed by atoms with E-state index < -0.39 is 0 Å². The molecule has 2 fully saturated rings. The highest BCUT2D eigenvalue weighted by Crippen LogP contribution is 2.20. The van der Waals surface area contributed by atoms with Crippen molar-refractivity contribution in [2.45, 2.75) is 19.9 Å². The van der Waals surface area contributed by atoms with Gasteiger partial charge in [-0.25, -0.2) is 4.98 Å². The molecule has 0 saturated carbocycles. The van der Waals surface area contributed by atoms with Crippen LogP contribution in [-0.4, -0.2) is 74.3 Å². The van der Waals surface area contributed by atoms with Gasteiger partial charge in [0.25, 0.3) is 5.91 Å². The number of morpholine rings is 1. The summed E-state index contributed by atoms with van der Waals surface area (Å²) in [4.78, 5) is 24.2. The van der Waals surface area contributed by atoms with Gasteiger partial charge in [-0.3, -0.25) is 9.69 Å². The van der Waals surface area contributed by atoms with Gasteiger partial charge in [-0.1, -0.05) is 0 Å². The molecule has 30 heavy (non-hydrogen) atoms. The third-order valence-corrected chi connectivity index (χ3v) is 5.88. The molecule has 4 rings (SSSR count). The van der Waals surface area contributed by atoms with Crippen molar-refractivity contribution in [2.24, 2.45) is 0 Å². The Morgan fingerprint density at radius 2 is 1.63 bits per heavy atom. The van der Waals surface area contributed by atoms with Gasteiger partial charge >= 0.3 is 0 Å². The van der Waals surface area contributed by atoms with E-state index in [2.05, 4.69) is 38.8 Å². The minimum atomic E-state index is -0.118. The third-order valence-electron chi connectivity index (χ3n) is 5.88. The van der Waals surface area contributed by atoms with Crippen LogP contribution in [0.2, 0.25) is 0 Å². The lowest BCUT2D eigenvalue weighted by Crippen LogP contribution is -2.48. The predicted molar refractivity (Wildman–Crippen MR) is 121 cm³/mol. The summed E-state index contributed by atoms with van der Waals surface area (Å²) in [5.74, 6) is 0.797. The lowest BCUT2D eigenvalue weighted by molar-refractivity contribution is 0.102. The van der Waals surface area contributed by atoms with Gasteiger partial charge in [0, 0.05) is 56.6 Å². The number of pyridine rings is 1. The molecule has 2 aliphatic heterocycles. The SMILES string of the molecule is CC(C)N1CCN(c2ccc(C(=O)Nc3ccc(N4CCOCC4)nc3)cc2)CC1. The molecule has 0 radical (unpaired) electrons. The van der Waals surface area contributed by atoms with Crippen molar-refractivity contribution in [3.8, 4) is 0 Å². The fourth-order valence-electron chi connectivity index (χ4n) is 3.96. The number of amides is 1. The third kappa shape index (κ3) is 4.91. The van der Waals surface area contributed by atoms with Crippen molar-refractivity contribution in [3.05, 3.63) is 48.2 Å². The van der Waals surface area contributed by atoms with Gasteiger partial charge in [0.1, 0.15) is 5.82 Å². The second-order valence-electron chi connectivity index (χ2n) is 8.12. The monoisotopic (exact) mass is 409 g/mol. The maximum atomic E-state index is 12.6. The first-order chi connectivity index (χ1) is 14.6. The van der Waals surface area contributed by atoms with Gasteiger partial charge in [0.15, 0.2) is 0 Å². The largest absolute Gasteiger partial charge is 0.378 e. The fourth-order valence-corrected chi connectivity index (χ4v) is 3.96. The topological polar surface area (TPSA) is 60.9 Å². The molecule has 1 amide bonds. The van der Waals surface area contributed by atoms with E-state index in [1.165, 1.54) is 5.69 Å². The van der Waals surface area contributed by atoms with E-state index in [1.54, 1.807) is 6.20 Å². The molecule has 7 nitrogen and oxygen atoms in total. The Kier molecular flexibility index (Phi) is 6.50. The molecule has 3 heterocycles. The number of nitrogens with one attached hydrogen (secondary N) is 1. The second-order valence-corrected chi connectivity index (χ2v) is 8.12. The van der Waals surface area contributed by atoms with Gasteiger partial charge < -0.3 is 19.9 Å². The molecule has 0 bridgehead atoms. The van der Waals surface area contributed by atoms with Gasteiger partial charge in [0.2, 0.25) is 0 Å². The normalized spacial score (nSPS) is 18.0. The van der Waals surface area contributed by atoms with Crippen LogP contribution in [0, 0.1) is 0 Å². The van der Waals surface area contributed by atoms with E-state index in [-0.39, 0.29) is 5.91 Å². The average molecular weight is 410 g/mol. The van der Waals surface area contributed by atoms with Crippen LogP contribution in [0.1, 0.15) is 24.2 Å². The Balaban J connectivity index is 1.32. The summed E-state index contributed by atoms with van der Waals surface area (Å²) in [6, 6.07) is 12.3. The van der Waals surface area contributed by atoms with Crippen LogP contribution in [0.25, 0.3) is 0 Å². The highest BCUT2D eigenvalue weighted by Gasteiger charge is 2.19. The zero-order chi connectivity index (χ0) is 20.9. The molecule has 1 aromatic heterocycles. The number of ether oxygens (including phenoxy) is 1. The number of hydrogen-bond donors (Lipinski definition) is 1. The number of anilines is 3. The molecule has 0 spiro atoms. The predicted octanol–water partition coefficient (Wildman–Crippen LogP) is 2.70. The number of nitrogens with zero attached hydrogens (tertiary/aromatic N) is 4. The fraction of sp³-hybridized carbons (Fsp3) is 0.478. The van der Waals surface area contributed by atoms with Gasteiger partial charge in [-0.2, -0.15) is 0 Å². The average Bonchev–Trinajstić information content (AvgIpc) is 2.80. The van der Waals surface area contributed by atoms with Crippen LogP contribution < -0.4 is 15.1 Å². The molecule has 7 heteroatoms.